The molecule has 0 heterocycles. The van der Waals surface area contributed by atoms with E-state index in [0.717, 1.165) is 141 Å². The van der Waals surface area contributed by atoms with Gasteiger partial charge in [0.05, 0.1) is 0 Å². The molecule has 0 saturated carbocycles. The summed E-state index contributed by atoms with van der Waals surface area (Å²) in [7, 11) is 0. The molecule has 0 aromatic rings. The summed E-state index contributed by atoms with van der Waals surface area (Å²) < 4.78 is 16.7. The highest BCUT2D eigenvalue weighted by molar-refractivity contribution is 5.71. The third-order valence-corrected chi connectivity index (χ3v) is 11.0. The summed E-state index contributed by atoms with van der Waals surface area (Å²) in [6, 6.07) is 0. The lowest BCUT2D eigenvalue weighted by Crippen LogP contribution is -2.30. The monoisotopic (exact) mass is 977 g/mol. The van der Waals surface area contributed by atoms with E-state index in [1.807, 2.05) is 12.2 Å². The van der Waals surface area contributed by atoms with E-state index >= 15 is 0 Å². The number of rotatable bonds is 48. The molecule has 0 fully saturated rings. The second-order valence-corrected chi connectivity index (χ2v) is 17.7. The number of hydrogen-bond acceptors (Lipinski definition) is 6. The topological polar surface area (TPSA) is 78.9 Å². The summed E-state index contributed by atoms with van der Waals surface area (Å²) >= 11 is 0. The normalized spacial score (nSPS) is 13.3. The summed E-state index contributed by atoms with van der Waals surface area (Å²) in [6.07, 6.45) is 83.8. The van der Waals surface area contributed by atoms with E-state index in [0.29, 0.717) is 19.3 Å². The van der Waals surface area contributed by atoms with E-state index in [1.54, 1.807) is 0 Å². The zero-order chi connectivity index (χ0) is 51.4. The molecule has 0 aliphatic heterocycles. The van der Waals surface area contributed by atoms with Crippen LogP contribution in [0, 0.1) is 0 Å². The van der Waals surface area contributed by atoms with Crippen molar-refractivity contribution < 1.29 is 28.6 Å². The SMILES string of the molecule is CC/C=C\C/C=C\C/C=C\C/C=C\C/C=C\C/C=C\CCC(=O)O[C@@H](COC(=O)CCCCC/C=C\C/C=C\C/C=C\C/C=C\CCCCC)COC(=O)CCCCCCC/C=C\C/C=C\C/C=C\CC. The van der Waals surface area contributed by atoms with Crippen LogP contribution in [0.5, 0.6) is 0 Å². The van der Waals surface area contributed by atoms with Gasteiger partial charge < -0.3 is 14.2 Å². The molecule has 71 heavy (non-hydrogen) atoms. The van der Waals surface area contributed by atoms with Crippen molar-refractivity contribution >= 4 is 17.9 Å². The fraction of sp³-hybridized carbons (Fsp3) is 0.554. The maximum absolute atomic E-state index is 12.8. The molecule has 0 N–H and O–H groups in total. The third-order valence-electron chi connectivity index (χ3n) is 11.0. The van der Waals surface area contributed by atoms with Crippen LogP contribution in [0.3, 0.4) is 0 Å². The first-order valence-corrected chi connectivity index (χ1v) is 28.0. The number of allylic oxidation sites excluding steroid dienone is 26. The van der Waals surface area contributed by atoms with E-state index in [9.17, 15) is 14.4 Å². The Hall–Kier alpha value is -4.97. The Kier molecular flexibility index (Phi) is 53.6. The van der Waals surface area contributed by atoms with E-state index in [2.05, 4.69) is 167 Å². The lowest BCUT2D eigenvalue weighted by molar-refractivity contribution is -0.166. The van der Waals surface area contributed by atoms with Gasteiger partial charge in [0, 0.05) is 19.3 Å². The number of esters is 3. The minimum absolute atomic E-state index is 0.135. The number of ether oxygens (including phenoxy) is 3. The molecule has 6 nitrogen and oxygen atoms in total. The summed E-state index contributed by atoms with van der Waals surface area (Å²) in [6.45, 7) is 6.26. The van der Waals surface area contributed by atoms with E-state index < -0.39 is 12.1 Å². The van der Waals surface area contributed by atoms with Crippen molar-refractivity contribution in [3.8, 4) is 0 Å². The van der Waals surface area contributed by atoms with Gasteiger partial charge in [-0.15, -0.1) is 0 Å². The number of unbranched alkanes of at least 4 members (excludes halogenated alkanes) is 11. The molecule has 6 heteroatoms. The zero-order valence-corrected chi connectivity index (χ0v) is 45.2. The Balaban J connectivity index is 4.63. The van der Waals surface area contributed by atoms with Crippen LogP contribution in [0.25, 0.3) is 0 Å². The summed E-state index contributed by atoms with van der Waals surface area (Å²) in [5.74, 6) is -1.08. The van der Waals surface area contributed by atoms with Gasteiger partial charge in [-0.05, 0) is 135 Å². The Morgan fingerprint density at radius 3 is 0.930 bits per heavy atom. The Morgan fingerprint density at radius 2 is 0.577 bits per heavy atom. The number of carbonyl (C=O) groups is 3. The van der Waals surface area contributed by atoms with E-state index in [-0.39, 0.29) is 31.6 Å². The highest BCUT2D eigenvalue weighted by Crippen LogP contribution is 2.11. The minimum Gasteiger partial charge on any atom is -0.462 e. The molecule has 396 valence electrons. The molecule has 0 bridgehead atoms. The summed E-state index contributed by atoms with van der Waals surface area (Å²) in [5, 5.41) is 0. The molecule has 0 aliphatic rings. The molecule has 0 aliphatic carbocycles. The van der Waals surface area contributed by atoms with Crippen molar-refractivity contribution in [2.45, 2.75) is 219 Å². The lowest BCUT2D eigenvalue weighted by Gasteiger charge is -2.18. The van der Waals surface area contributed by atoms with Gasteiger partial charge in [-0.3, -0.25) is 14.4 Å². The predicted octanol–water partition coefficient (Wildman–Crippen LogP) is 19.0. The molecule has 0 rings (SSSR count). The van der Waals surface area contributed by atoms with Gasteiger partial charge in [0.1, 0.15) is 13.2 Å². The molecule has 0 spiro atoms. The Bertz CT molecular complexity index is 1640. The smallest absolute Gasteiger partial charge is 0.306 e. The minimum atomic E-state index is -0.848. The highest BCUT2D eigenvalue weighted by atomic mass is 16.6. The van der Waals surface area contributed by atoms with Gasteiger partial charge >= 0.3 is 17.9 Å². The second kappa shape index (κ2) is 57.6. The van der Waals surface area contributed by atoms with Crippen molar-refractivity contribution in [3.63, 3.8) is 0 Å². The van der Waals surface area contributed by atoms with Crippen LogP contribution in [0.2, 0.25) is 0 Å². The van der Waals surface area contributed by atoms with Crippen LogP contribution >= 0.6 is 0 Å². The van der Waals surface area contributed by atoms with Crippen LogP contribution in [-0.2, 0) is 28.6 Å². The number of carbonyl (C=O) groups excluding carboxylic acids is 3. The van der Waals surface area contributed by atoms with Crippen molar-refractivity contribution in [1.29, 1.82) is 0 Å². The van der Waals surface area contributed by atoms with Crippen LogP contribution in [0.15, 0.2) is 158 Å². The average molecular weight is 978 g/mol. The first kappa shape index (κ1) is 66.0. The highest BCUT2D eigenvalue weighted by Gasteiger charge is 2.19. The van der Waals surface area contributed by atoms with Gasteiger partial charge in [0.25, 0.3) is 0 Å². The van der Waals surface area contributed by atoms with Crippen molar-refractivity contribution in [3.05, 3.63) is 158 Å². The van der Waals surface area contributed by atoms with Gasteiger partial charge in [-0.2, -0.15) is 0 Å². The summed E-state index contributed by atoms with van der Waals surface area (Å²) in [5.41, 5.74) is 0. The lowest BCUT2D eigenvalue weighted by atomic mass is 10.1. The van der Waals surface area contributed by atoms with Crippen LogP contribution in [0.1, 0.15) is 213 Å². The standard InChI is InChI=1S/C65H100O6/c1-4-7-10-13-16-19-22-25-28-30-32-34-37-40-43-46-49-52-55-58-64(67)70-61-62(60-69-63(66)57-54-51-48-45-42-39-36-27-24-21-18-15-12-9-6-3)71-65(68)59-56-53-50-47-44-41-38-35-33-31-29-26-23-20-17-14-11-8-5-2/h8-9,11-12,16-21,25-29,32-36,40-41,43-44,50,53,62H,4-7,10,13-15,22-24,30-31,37-39,42,45-49,51-52,54-61H2,1-3H3/b11-8-,12-9-,19-16-,20-17-,21-18-,28-25-,29-26-,34-32-,35-33-,36-27-,43-40-,44-41-,53-50-/t62-/m1/s1. The molecular weight excluding hydrogens is 877 g/mol. The quantitative estimate of drug-likeness (QED) is 0.0262. The van der Waals surface area contributed by atoms with Crippen LogP contribution in [0.4, 0.5) is 0 Å². The van der Waals surface area contributed by atoms with E-state index in [4.69, 9.17) is 14.2 Å². The Labute approximate surface area is 435 Å². The second-order valence-electron chi connectivity index (χ2n) is 17.7. The molecule has 0 amide bonds. The molecular formula is C65H100O6. The first-order valence-electron chi connectivity index (χ1n) is 28.0. The third kappa shape index (κ3) is 55.8. The molecule has 1 atom stereocenters. The fourth-order valence-electron chi connectivity index (χ4n) is 6.88. The maximum Gasteiger partial charge on any atom is 0.306 e. The largest absolute Gasteiger partial charge is 0.462 e. The molecule has 0 radical (unpaired) electrons. The molecule has 0 saturated heterocycles. The Morgan fingerprint density at radius 1 is 0.296 bits per heavy atom. The first-order chi connectivity index (χ1) is 35.0. The number of hydrogen-bond donors (Lipinski definition) is 0. The zero-order valence-electron chi connectivity index (χ0n) is 45.2. The average Bonchev–Trinajstić information content (AvgIpc) is 3.37. The van der Waals surface area contributed by atoms with Crippen LogP contribution in [-0.4, -0.2) is 37.2 Å². The van der Waals surface area contributed by atoms with E-state index in [1.165, 1.54) is 25.7 Å². The summed E-state index contributed by atoms with van der Waals surface area (Å²) in [4.78, 5) is 38.1. The predicted molar refractivity (Wildman–Crippen MR) is 306 cm³/mol. The van der Waals surface area contributed by atoms with Crippen LogP contribution < -0.4 is 0 Å². The van der Waals surface area contributed by atoms with Gasteiger partial charge in [0.15, 0.2) is 6.10 Å². The van der Waals surface area contributed by atoms with Gasteiger partial charge in [-0.25, -0.2) is 0 Å². The molecule has 0 aromatic heterocycles. The van der Waals surface area contributed by atoms with Gasteiger partial charge in [0.2, 0.25) is 0 Å². The maximum atomic E-state index is 12.8. The van der Waals surface area contributed by atoms with Crippen molar-refractivity contribution in [2.24, 2.45) is 0 Å². The van der Waals surface area contributed by atoms with Gasteiger partial charge in [-0.1, -0.05) is 217 Å². The fourth-order valence-corrected chi connectivity index (χ4v) is 6.88. The molecule has 0 unspecified atom stereocenters. The van der Waals surface area contributed by atoms with Crippen molar-refractivity contribution in [2.75, 3.05) is 13.2 Å². The molecule has 0 aromatic carbocycles. The van der Waals surface area contributed by atoms with Crippen molar-refractivity contribution in [1.82, 2.24) is 0 Å².